The molecular formula is C12H15ClO2. The van der Waals surface area contributed by atoms with Crippen molar-refractivity contribution in [3.8, 4) is 5.75 Å². The summed E-state index contributed by atoms with van der Waals surface area (Å²) in [6, 6.07) is 5.51. The molecule has 1 atom stereocenters. The number of hydrogen-bond donors (Lipinski definition) is 0. The van der Waals surface area contributed by atoms with Gasteiger partial charge in [-0.15, -0.1) is 11.6 Å². The van der Waals surface area contributed by atoms with Gasteiger partial charge in [0.2, 0.25) is 0 Å². The highest BCUT2D eigenvalue weighted by Crippen LogP contribution is 2.23. The van der Waals surface area contributed by atoms with Crippen molar-refractivity contribution >= 4 is 17.4 Å². The smallest absolute Gasteiger partial charge is 0.184 e. The Hall–Kier alpha value is -1.02. The lowest BCUT2D eigenvalue weighted by molar-refractivity contribution is 0.0982. The summed E-state index contributed by atoms with van der Waals surface area (Å²) in [6.07, 6.45) is 0.623. The molecule has 0 aromatic heterocycles. The summed E-state index contributed by atoms with van der Waals surface area (Å²) in [5, 5.41) is -0.472. The molecule has 0 radical (unpaired) electrons. The maximum Gasteiger partial charge on any atom is 0.184 e. The number of methoxy groups -OCH3 is 1. The number of ketones is 1. The van der Waals surface area contributed by atoms with Gasteiger partial charge < -0.3 is 4.74 Å². The maximum absolute atomic E-state index is 11.9. The molecule has 2 nitrogen and oxygen atoms in total. The van der Waals surface area contributed by atoms with Gasteiger partial charge >= 0.3 is 0 Å². The minimum atomic E-state index is -0.472. The van der Waals surface area contributed by atoms with Crippen LogP contribution in [0.25, 0.3) is 0 Å². The zero-order chi connectivity index (χ0) is 11.4. The third kappa shape index (κ3) is 2.72. The molecule has 0 N–H and O–H groups in total. The van der Waals surface area contributed by atoms with Crippen LogP contribution in [-0.2, 0) is 0 Å². The number of aryl methyl sites for hydroxylation is 1. The molecule has 0 heterocycles. The molecule has 0 saturated heterocycles. The molecule has 0 amide bonds. The summed E-state index contributed by atoms with van der Waals surface area (Å²) < 4.78 is 5.14. The maximum atomic E-state index is 11.9. The second kappa shape index (κ2) is 5.17. The van der Waals surface area contributed by atoms with Gasteiger partial charge in [0.1, 0.15) is 5.75 Å². The minimum Gasteiger partial charge on any atom is -0.496 e. The number of carbonyl (C=O) groups excluding carboxylic acids is 1. The van der Waals surface area contributed by atoms with Crippen LogP contribution in [0.4, 0.5) is 0 Å². The summed E-state index contributed by atoms with van der Waals surface area (Å²) in [7, 11) is 1.55. The second-order valence-corrected chi connectivity index (χ2v) is 3.97. The van der Waals surface area contributed by atoms with Gasteiger partial charge in [-0.1, -0.05) is 18.6 Å². The highest BCUT2D eigenvalue weighted by atomic mass is 35.5. The fourth-order valence-electron chi connectivity index (χ4n) is 1.37. The SMILES string of the molecule is CCC(Cl)C(=O)c1cc(C)ccc1OC. The lowest BCUT2D eigenvalue weighted by atomic mass is 10.0. The van der Waals surface area contributed by atoms with Crippen molar-refractivity contribution in [1.29, 1.82) is 0 Å². The lowest BCUT2D eigenvalue weighted by Crippen LogP contribution is -2.14. The highest BCUT2D eigenvalue weighted by molar-refractivity contribution is 6.34. The van der Waals surface area contributed by atoms with Crippen molar-refractivity contribution in [3.05, 3.63) is 29.3 Å². The van der Waals surface area contributed by atoms with Gasteiger partial charge in [0.25, 0.3) is 0 Å². The summed E-state index contributed by atoms with van der Waals surface area (Å²) in [4.78, 5) is 11.9. The van der Waals surface area contributed by atoms with E-state index >= 15 is 0 Å². The van der Waals surface area contributed by atoms with Gasteiger partial charge in [-0.3, -0.25) is 4.79 Å². The van der Waals surface area contributed by atoms with Crippen LogP contribution in [-0.4, -0.2) is 18.3 Å². The molecule has 1 aromatic carbocycles. The number of ether oxygens (including phenoxy) is 1. The minimum absolute atomic E-state index is 0.0697. The third-order valence-electron chi connectivity index (χ3n) is 2.26. The van der Waals surface area contributed by atoms with Gasteiger partial charge in [-0.2, -0.15) is 0 Å². The first-order chi connectivity index (χ1) is 7.10. The Kier molecular flexibility index (Phi) is 4.15. The average molecular weight is 227 g/mol. The lowest BCUT2D eigenvalue weighted by Gasteiger charge is -2.10. The fraction of sp³-hybridized carbons (Fsp3) is 0.417. The van der Waals surface area contributed by atoms with E-state index in [0.717, 1.165) is 5.56 Å². The summed E-state index contributed by atoms with van der Waals surface area (Å²) in [6.45, 7) is 3.82. The van der Waals surface area contributed by atoms with Crippen LogP contribution >= 0.6 is 11.6 Å². The van der Waals surface area contributed by atoms with Crippen LogP contribution in [0.3, 0.4) is 0 Å². The highest BCUT2D eigenvalue weighted by Gasteiger charge is 2.19. The molecule has 0 aliphatic rings. The molecule has 1 aromatic rings. The number of alkyl halides is 1. The van der Waals surface area contributed by atoms with Crippen LogP contribution in [0, 0.1) is 6.92 Å². The summed E-state index contributed by atoms with van der Waals surface area (Å²) >= 11 is 5.93. The fourth-order valence-corrected chi connectivity index (χ4v) is 1.49. The van der Waals surface area contributed by atoms with Gasteiger partial charge in [0.05, 0.1) is 18.1 Å². The Morgan fingerprint density at radius 3 is 2.73 bits per heavy atom. The first-order valence-corrected chi connectivity index (χ1v) is 5.36. The van der Waals surface area contributed by atoms with Crippen LogP contribution in [0.15, 0.2) is 18.2 Å². The zero-order valence-electron chi connectivity index (χ0n) is 9.21. The molecular weight excluding hydrogens is 212 g/mol. The zero-order valence-corrected chi connectivity index (χ0v) is 9.97. The van der Waals surface area contributed by atoms with E-state index in [1.807, 2.05) is 26.0 Å². The summed E-state index contributed by atoms with van der Waals surface area (Å²) in [5.74, 6) is 0.518. The molecule has 3 heteroatoms. The Bertz CT molecular complexity index is 361. The largest absolute Gasteiger partial charge is 0.496 e. The Morgan fingerprint density at radius 2 is 2.20 bits per heavy atom. The van der Waals surface area contributed by atoms with Crippen LogP contribution in [0.1, 0.15) is 29.3 Å². The normalized spacial score (nSPS) is 12.3. The van der Waals surface area contributed by atoms with Crippen LogP contribution in [0.2, 0.25) is 0 Å². The number of halogens is 1. The number of Topliss-reactive ketones (excluding diaryl/α,β-unsaturated/α-hetero) is 1. The molecule has 1 unspecified atom stereocenters. The standard InChI is InChI=1S/C12H15ClO2/c1-4-10(13)12(14)9-7-8(2)5-6-11(9)15-3/h5-7,10H,4H2,1-3H3. The molecule has 0 bridgehead atoms. The van der Waals surface area contributed by atoms with E-state index < -0.39 is 5.38 Å². The average Bonchev–Trinajstić information content (AvgIpc) is 2.27. The van der Waals surface area contributed by atoms with Gasteiger partial charge in [0.15, 0.2) is 5.78 Å². The molecule has 0 saturated carbocycles. The molecule has 82 valence electrons. The summed E-state index contributed by atoms with van der Waals surface area (Å²) in [5.41, 5.74) is 1.60. The number of carbonyl (C=O) groups is 1. The predicted octanol–water partition coefficient (Wildman–Crippen LogP) is 3.20. The van der Waals surface area contributed by atoms with Gasteiger partial charge in [-0.25, -0.2) is 0 Å². The van der Waals surface area contributed by atoms with Crippen molar-refractivity contribution in [3.63, 3.8) is 0 Å². The van der Waals surface area contributed by atoms with E-state index in [4.69, 9.17) is 16.3 Å². The number of rotatable bonds is 4. The molecule has 0 aliphatic carbocycles. The first kappa shape index (κ1) is 12.1. The van der Waals surface area contributed by atoms with E-state index in [9.17, 15) is 4.79 Å². The number of hydrogen-bond acceptors (Lipinski definition) is 2. The topological polar surface area (TPSA) is 26.3 Å². The molecule has 15 heavy (non-hydrogen) atoms. The molecule has 0 spiro atoms. The Balaban J connectivity index is 3.11. The van der Waals surface area contributed by atoms with Gasteiger partial charge in [0, 0.05) is 0 Å². The van der Waals surface area contributed by atoms with Crippen molar-refractivity contribution in [2.24, 2.45) is 0 Å². The first-order valence-electron chi connectivity index (χ1n) is 4.93. The van der Waals surface area contributed by atoms with Crippen molar-refractivity contribution in [1.82, 2.24) is 0 Å². The predicted molar refractivity (Wildman–Crippen MR) is 62.0 cm³/mol. The van der Waals surface area contributed by atoms with Crippen molar-refractivity contribution < 1.29 is 9.53 Å². The quantitative estimate of drug-likeness (QED) is 0.582. The monoisotopic (exact) mass is 226 g/mol. The number of benzene rings is 1. The van der Waals surface area contributed by atoms with E-state index in [2.05, 4.69) is 0 Å². The van der Waals surface area contributed by atoms with E-state index in [1.165, 1.54) is 0 Å². The van der Waals surface area contributed by atoms with E-state index in [-0.39, 0.29) is 5.78 Å². The van der Waals surface area contributed by atoms with Crippen molar-refractivity contribution in [2.75, 3.05) is 7.11 Å². The Morgan fingerprint density at radius 1 is 1.53 bits per heavy atom. The van der Waals surface area contributed by atoms with E-state index in [1.54, 1.807) is 13.2 Å². The second-order valence-electron chi connectivity index (χ2n) is 3.44. The molecule has 0 fully saturated rings. The Labute approximate surface area is 95.2 Å². The third-order valence-corrected chi connectivity index (χ3v) is 2.77. The van der Waals surface area contributed by atoms with Crippen LogP contribution < -0.4 is 4.74 Å². The van der Waals surface area contributed by atoms with Gasteiger partial charge in [-0.05, 0) is 25.5 Å². The molecule has 1 rings (SSSR count). The van der Waals surface area contributed by atoms with Crippen LogP contribution in [0.5, 0.6) is 5.75 Å². The van der Waals surface area contributed by atoms with E-state index in [0.29, 0.717) is 17.7 Å². The molecule has 0 aliphatic heterocycles. The van der Waals surface area contributed by atoms with Crippen molar-refractivity contribution in [2.45, 2.75) is 25.6 Å².